The van der Waals surface area contributed by atoms with Gasteiger partial charge in [0, 0.05) is 76.3 Å². The Morgan fingerprint density at radius 1 is 1.09 bits per heavy atom. The van der Waals surface area contributed by atoms with E-state index in [4.69, 9.17) is 10.5 Å². The number of anilines is 2. The summed E-state index contributed by atoms with van der Waals surface area (Å²) in [5.41, 5.74) is 12.0. The van der Waals surface area contributed by atoms with Crippen LogP contribution >= 0.6 is 0 Å². The van der Waals surface area contributed by atoms with Gasteiger partial charge in [0.05, 0.1) is 23.9 Å². The third-order valence-electron chi connectivity index (χ3n) is 7.97. The van der Waals surface area contributed by atoms with Crippen molar-refractivity contribution in [3.8, 4) is 0 Å². The Morgan fingerprint density at radius 2 is 1.94 bits per heavy atom. The van der Waals surface area contributed by atoms with Crippen LogP contribution in [0.2, 0.25) is 0 Å². The second-order valence-electron chi connectivity index (χ2n) is 9.97. The molecule has 0 saturated carbocycles. The summed E-state index contributed by atoms with van der Waals surface area (Å²) >= 11 is 0. The van der Waals surface area contributed by atoms with Crippen molar-refractivity contribution in [1.82, 2.24) is 14.5 Å². The van der Waals surface area contributed by atoms with Crippen molar-refractivity contribution in [2.75, 3.05) is 43.1 Å². The fraction of sp³-hybridized carbons (Fsp3) is 0.462. The number of nitrogens with zero attached hydrogens (tertiary/aromatic N) is 5. The number of hydrogen-bond acceptors (Lipinski definition) is 7. The molecule has 0 bridgehead atoms. The normalized spacial score (nSPS) is 26.8. The average molecular weight is 461 g/mol. The predicted octanol–water partition coefficient (Wildman–Crippen LogP) is 1.86. The van der Waals surface area contributed by atoms with Gasteiger partial charge in [0.2, 0.25) is 0 Å². The maximum absolute atomic E-state index is 12.7. The van der Waals surface area contributed by atoms with E-state index in [1.807, 2.05) is 6.07 Å². The summed E-state index contributed by atoms with van der Waals surface area (Å²) in [4.78, 5) is 24.5. The van der Waals surface area contributed by atoms with E-state index in [0.717, 1.165) is 49.4 Å². The molecule has 0 spiro atoms. The minimum absolute atomic E-state index is 0.0223. The molecule has 0 unspecified atom stereocenters. The highest BCUT2D eigenvalue weighted by atomic mass is 16.5. The van der Waals surface area contributed by atoms with Gasteiger partial charge < -0.3 is 20.3 Å². The Hall–Kier alpha value is -2.94. The van der Waals surface area contributed by atoms with E-state index >= 15 is 0 Å². The fourth-order valence-corrected chi connectivity index (χ4v) is 6.09. The number of nitrogens with two attached hydrogens (primary N) is 1. The van der Waals surface area contributed by atoms with Crippen LogP contribution in [0.3, 0.4) is 0 Å². The van der Waals surface area contributed by atoms with Crippen LogP contribution in [0.15, 0.2) is 47.4 Å². The fourth-order valence-electron chi connectivity index (χ4n) is 6.09. The lowest BCUT2D eigenvalue weighted by Gasteiger charge is -2.43. The molecule has 3 aromatic rings. The third kappa shape index (κ3) is 3.32. The summed E-state index contributed by atoms with van der Waals surface area (Å²) in [6, 6.07) is 13.4. The predicted molar refractivity (Wildman–Crippen MR) is 134 cm³/mol. The topological polar surface area (TPSA) is 79.9 Å². The van der Waals surface area contributed by atoms with Crippen LogP contribution in [0, 0.1) is 0 Å². The van der Waals surface area contributed by atoms with Crippen LogP contribution < -0.4 is 21.1 Å². The largest absolute Gasteiger partial charge is 0.378 e. The number of aryl methyl sites for hydroxylation is 1. The average Bonchev–Trinajstić information content (AvgIpc) is 3.41. The quantitative estimate of drug-likeness (QED) is 0.639. The molecular formula is C26H32N6O2. The maximum atomic E-state index is 12.7. The number of benzene rings is 1. The second-order valence-corrected chi connectivity index (χ2v) is 9.97. The Bertz CT molecular complexity index is 1310. The highest BCUT2D eigenvalue weighted by Gasteiger charge is 2.40. The van der Waals surface area contributed by atoms with Gasteiger partial charge in [-0.2, -0.15) is 0 Å². The molecule has 0 aliphatic carbocycles. The van der Waals surface area contributed by atoms with E-state index in [9.17, 15) is 4.79 Å². The molecule has 3 aliphatic heterocycles. The van der Waals surface area contributed by atoms with Crippen LogP contribution in [-0.2, 0) is 18.3 Å². The molecule has 178 valence electrons. The van der Waals surface area contributed by atoms with Crippen LogP contribution in [0.25, 0.3) is 11.0 Å². The van der Waals surface area contributed by atoms with E-state index < -0.39 is 0 Å². The highest BCUT2D eigenvalue weighted by Crippen LogP contribution is 2.42. The molecule has 2 saturated heterocycles. The van der Waals surface area contributed by atoms with Gasteiger partial charge in [0.1, 0.15) is 5.65 Å². The number of rotatable bonds is 3. The molecule has 2 N–H and O–H groups in total. The van der Waals surface area contributed by atoms with Crippen LogP contribution in [-0.4, -0.2) is 65.9 Å². The zero-order chi connectivity index (χ0) is 23.6. The van der Waals surface area contributed by atoms with Crippen molar-refractivity contribution in [2.24, 2.45) is 12.8 Å². The molecule has 34 heavy (non-hydrogen) atoms. The summed E-state index contributed by atoms with van der Waals surface area (Å²) < 4.78 is 7.18. The van der Waals surface area contributed by atoms with Crippen LogP contribution in [0.4, 0.5) is 11.4 Å². The molecule has 8 heteroatoms. The van der Waals surface area contributed by atoms with E-state index in [-0.39, 0.29) is 17.7 Å². The Labute approximate surface area is 199 Å². The molecule has 2 aromatic heterocycles. The van der Waals surface area contributed by atoms with E-state index in [1.54, 1.807) is 31.0 Å². The van der Waals surface area contributed by atoms with Crippen molar-refractivity contribution in [3.63, 3.8) is 0 Å². The van der Waals surface area contributed by atoms with E-state index in [0.29, 0.717) is 12.1 Å². The van der Waals surface area contributed by atoms with Gasteiger partial charge in [-0.05, 0) is 42.3 Å². The lowest BCUT2D eigenvalue weighted by molar-refractivity contribution is 0.108. The minimum atomic E-state index is -0.0223. The Balaban J connectivity index is 1.32. The van der Waals surface area contributed by atoms with Crippen molar-refractivity contribution >= 4 is 22.4 Å². The van der Waals surface area contributed by atoms with Crippen molar-refractivity contribution in [3.05, 3.63) is 64.1 Å². The number of fused-ring (bicyclic) bond motifs is 4. The molecule has 0 radical (unpaired) electrons. The van der Waals surface area contributed by atoms with Crippen LogP contribution in [0.1, 0.15) is 24.1 Å². The SMILES string of the molecule is CO[C@@H]1CN(c2ccc3c(c2)CN2[C@H](C)CN(c4cc(=O)n(C)c5ncccc45)C[C@H]32)C[C@H]1N. The summed E-state index contributed by atoms with van der Waals surface area (Å²) in [5, 5.41) is 1.02. The zero-order valence-corrected chi connectivity index (χ0v) is 20.0. The van der Waals surface area contributed by atoms with Crippen molar-refractivity contribution < 1.29 is 4.74 Å². The first-order valence-corrected chi connectivity index (χ1v) is 12.1. The smallest absolute Gasteiger partial charge is 0.253 e. The number of ether oxygens (including phenoxy) is 1. The molecule has 1 aromatic carbocycles. The second kappa shape index (κ2) is 8.08. The highest BCUT2D eigenvalue weighted by molar-refractivity contribution is 5.89. The Kier molecular flexibility index (Phi) is 5.13. The molecule has 0 amide bonds. The zero-order valence-electron chi connectivity index (χ0n) is 20.0. The first-order chi connectivity index (χ1) is 16.4. The monoisotopic (exact) mass is 460 g/mol. The number of methoxy groups -OCH3 is 1. The number of aromatic nitrogens is 2. The summed E-state index contributed by atoms with van der Waals surface area (Å²) in [5.74, 6) is 0. The van der Waals surface area contributed by atoms with E-state index in [1.165, 1.54) is 16.8 Å². The molecule has 2 fully saturated rings. The van der Waals surface area contributed by atoms with E-state index in [2.05, 4.69) is 50.9 Å². The molecule has 5 heterocycles. The molecule has 4 atom stereocenters. The van der Waals surface area contributed by atoms with Crippen LogP contribution in [0.5, 0.6) is 0 Å². The lowest BCUT2D eigenvalue weighted by Crippen LogP contribution is -2.51. The van der Waals surface area contributed by atoms with Gasteiger partial charge in [-0.3, -0.25) is 14.3 Å². The molecule has 8 nitrogen and oxygen atoms in total. The van der Waals surface area contributed by atoms with Crippen molar-refractivity contribution in [2.45, 2.75) is 37.7 Å². The first kappa shape index (κ1) is 21.6. The maximum Gasteiger partial charge on any atom is 0.253 e. The molecular weight excluding hydrogens is 428 g/mol. The van der Waals surface area contributed by atoms with Gasteiger partial charge in [-0.15, -0.1) is 0 Å². The number of pyridine rings is 2. The van der Waals surface area contributed by atoms with Gasteiger partial charge >= 0.3 is 0 Å². The van der Waals surface area contributed by atoms with Gasteiger partial charge in [-0.25, -0.2) is 4.98 Å². The summed E-state index contributed by atoms with van der Waals surface area (Å²) in [6.07, 6.45) is 1.83. The minimum Gasteiger partial charge on any atom is -0.378 e. The molecule has 3 aliphatic rings. The standard InChI is InChI=1S/C26H32N6O2/c1-16-11-31(22-10-25(33)29(2)26-20(22)5-4-8-28-26)14-23-19-7-6-18(9-17(19)12-32(16)23)30-13-21(27)24(15-30)34-3/h4-10,16,21,23-24H,11-15,27H2,1-3H3/t16-,21-,23-,24-/m1/s1. The van der Waals surface area contributed by atoms with Gasteiger partial charge in [0.25, 0.3) is 5.56 Å². The number of piperazine rings is 1. The van der Waals surface area contributed by atoms with Gasteiger partial charge in [0.15, 0.2) is 0 Å². The lowest BCUT2D eigenvalue weighted by atomic mass is 10.0. The van der Waals surface area contributed by atoms with Crippen molar-refractivity contribution in [1.29, 1.82) is 0 Å². The third-order valence-corrected chi connectivity index (χ3v) is 7.97. The Morgan fingerprint density at radius 3 is 2.74 bits per heavy atom. The van der Waals surface area contributed by atoms with Gasteiger partial charge in [-0.1, -0.05) is 6.07 Å². The molecule has 6 rings (SSSR count). The number of hydrogen-bond donors (Lipinski definition) is 1. The first-order valence-electron chi connectivity index (χ1n) is 12.1. The summed E-state index contributed by atoms with van der Waals surface area (Å²) in [6.45, 7) is 6.63. The summed E-state index contributed by atoms with van der Waals surface area (Å²) in [7, 11) is 3.53.